The molecule has 2 aliphatic heterocycles. The molecule has 2 aliphatic rings. The fraction of sp³-hybridized carbons (Fsp3) is 0.833. The maximum Gasteiger partial charge on any atom is 0.308 e. The van der Waals surface area contributed by atoms with Gasteiger partial charge in [-0.15, -0.1) is 0 Å². The van der Waals surface area contributed by atoms with Crippen LogP contribution in [0.1, 0.15) is 32.6 Å². The molecule has 1 N–H and O–H groups in total. The Morgan fingerprint density at radius 3 is 2.76 bits per heavy atom. The van der Waals surface area contributed by atoms with Crippen molar-refractivity contribution in [3.05, 3.63) is 0 Å². The van der Waals surface area contributed by atoms with Crippen LogP contribution < -0.4 is 0 Å². The van der Waals surface area contributed by atoms with Gasteiger partial charge >= 0.3 is 5.97 Å². The van der Waals surface area contributed by atoms with Crippen LogP contribution in [-0.4, -0.2) is 47.2 Å². The highest BCUT2D eigenvalue weighted by atomic mass is 16.5. The lowest BCUT2D eigenvalue weighted by Gasteiger charge is -2.23. The van der Waals surface area contributed by atoms with Crippen molar-refractivity contribution < 1.29 is 19.4 Å². The van der Waals surface area contributed by atoms with Crippen LogP contribution in [0, 0.1) is 5.92 Å². The molecule has 0 aliphatic carbocycles. The smallest absolute Gasteiger partial charge is 0.308 e. The van der Waals surface area contributed by atoms with E-state index in [0.29, 0.717) is 26.1 Å². The number of aliphatic carboxylic acids is 1. The molecule has 2 saturated heterocycles. The molecule has 0 radical (unpaired) electrons. The highest BCUT2D eigenvalue weighted by molar-refractivity contribution is 5.80. The van der Waals surface area contributed by atoms with Crippen LogP contribution in [0.3, 0.4) is 0 Å². The first-order chi connectivity index (χ1) is 8.15. The van der Waals surface area contributed by atoms with Gasteiger partial charge in [0.15, 0.2) is 0 Å². The normalized spacial score (nSPS) is 30.9. The van der Waals surface area contributed by atoms with Crippen molar-refractivity contribution in [2.45, 2.75) is 44.7 Å². The Balaban J connectivity index is 1.93. The van der Waals surface area contributed by atoms with Gasteiger partial charge in [0.05, 0.1) is 18.9 Å². The molecule has 3 unspecified atom stereocenters. The molecule has 0 aromatic heterocycles. The molecule has 0 spiro atoms. The van der Waals surface area contributed by atoms with Crippen LogP contribution in [-0.2, 0) is 14.3 Å². The summed E-state index contributed by atoms with van der Waals surface area (Å²) in [4.78, 5) is 24.9. The Hall–Kier alpha value is -1.10. The Kier molecular flexibility index (Phi) is 3.66. The molecular formula is C12H19NO4. The predicted molar refractivity (Wildman–Crippen MR) is 60.5 cm³/mol. The van der Waals surface area contributed by atoms with Crippen molar-refractivity contribution >= 4 is 11.9 Å². The summed E-state index contributed by atoms with van der Waals surface area (Å²) in [6.45, 7) is 2.94. The van der Waals surface area contributed by atoms with Crippen molar-refractivity contribution in [3.63, 3.8) is 0 Å². The van der Waals surface area contributed by atoms with E-state index in [1.165, 1.54) is 0 Å². The van der Waals surface area contributed by atoms with Crippen LogP contribution in [0.25, 0.3) is 0 Å². The summed E-state index contributed by atoms with van der Waals surface area (Å²) in [6.07, 6.45) is 2.78. The molecule has 3 atom stereocenters. The molecule has 2 bridgehead atoms. The van der Waals surface area contributed by atoms with Gasteiger partial charge in [0.25, 0.3) is 0 Å². The SMILES string of the molecule is CCOCCC(=O)N1C2CCC1C(C(=O)O)C2. The first kappa shape index (κ1) is 12.4. The standard InChI is InChI=1S/C12H19NO4/c1-2-17-6-5-11(14)13-8-3-4-10(13)9(7-8)12(15)16/h8-10H,2-7H2,1H3,(H,15,16). The number of nitrogens with zero attached hydrogens (tertiary/aromatic N) is 1. The maximum atomic E-state index is 12.0. The molecule has 0 aromatic rings. The van der Waals surface area contributed by atoms with E-state index < -0.39 is 5.97 Å². The van der Waals surface area contributed by atoms with E-state index >= 15 is 0 Å². The topological polar surface area (TPSA) is 66.8 Å². The highest BCUT2D eigenvalue weighted by Gasteiger charge is 2.50. The Morgan fingerprint density at radius 1 is 1.41 bits per heavy atom. The van der Waals surface area contributed by atoms with Gasteiger partial charge in [0.2, 0.25) is 5.91 Å². The number of rotatable bonds is 5. The van der Waals surface area contributed by atoms with Gasteiger partial charge in [0, 0.05) is 18.7 Å². The highest BCUT2D eigenvalue weighted by Crippen LogP contribution is 2.42. The second-order valence-corrected chi connectivity index (χ2v) is 4.73. The third-order valence-corrected chi connectivity index (χ3v) is 3.81. The lowest BCUT2D eigenvalue weighted by atomic mass is 9.89. The van der Waals surface area contributed by atoms with E-state index in [0.717, 1.165) is 12.8 Å². The summed E-state index contributed by atoms with van der Waals surface area (Å²) in [5.74, 6) is -1.07. The number of carbonyl (C=O) groups is 2. The zero-order valence-corrected chi connectivity index (χ0v) is 10.1. The molecular weight excluding hydrogens is 222 g/mol. The average Bonchev–Trinajstić information content (AvgIpc) is 2.86. The van der Waals surface area contributed by atoms with E-state index in [1.807, 2.05) is 6.92 Å². The van der Waals surface area contributed by atoms with Crippen LogP contribution >= 0.6 is 0 Å². The monoisotopic (exact) mass is 241 g/mol. The molecule has 2 fully saturated rings. The molecule has 2 heterocycles. The Bertz CT molecular complexity index is 318. The van der Waals surface area contributed by atoms with E-state index in [9.17, 15) is 9.59 Å². The lowest BCUT2D eigenvalue weighted by molar-refractivity contribution is -0.143. The molecule has 0 aromatic carbocycles. The first-order valence-corrected chi connectivity index (χ1v) is 6.26. The van der Waals surface area contributed by atoms with Gasteiger partial charge in [-0.25, -0.2) is 0 Å². The van der Waals surface area contributed by atoms with E-state index in [-0.39, 0.29) is 23.9 Å². The summed E-state index contributed by atoms with van der Waals surface area (Å²) in [5.41, 5.74) is 0. The third-order valence-electron chi connectivity index (χ3n) is 3.81. The second-order valence-electron chi connectivity index (χ2n) is 4.73. The summed E-state index contributed by atoms with van der Waals surface area (Å²) >= 11 is 0. The van der Waals surface area contributed by atoms with Gasteiger partial charge in [0.1, 0.15) is 0 Å². The lowest BCUT2D eigenvalue weighted by Crippen LogP contribution is -2.38. The van der Waals surface area contributed by atoms with Crippen LogP contribution in [0.15, 0.2) is 0 Å². The summed E-state index contributed by atoms with van der Waals surface area (Å²) in [5, 5.41) is 9.09. The van der Waals surface area contributed by atoms with E-state index in [4.69, 9.17) is 9.84 Å². The minimum atomic E-state index is -0.764. The van der Waals surface area contributed by atoms with Crippen LogP contribution in [0.5, 0.6) is 0 Å². The van der Waals surface area contributed by atoms with Gasteiger partial charge in [-0.1, -0.05) is 0 Å². The zero-order valence-electron chi connectivity index (χ0n) is 10.1. The van der Waals surface area contributed by atoms with Gasteiger partial charge in [-0.3, -0.25) is 9.59 Å². The zero-order chi connectivity index (χ0) is 12.4. The van der Waals surface area contributed by atoms with Gasteiger partial charge in [-0.05, 0) is 26.2 Å². The number of hydrogen-bond donors (Lipinski definition) is 1. The fourth-order valence-electron chi connectivity index (χ4n) is 3.08. The van der Waals surface area contributed by atoms with E-state index in [1.54, 1.807) is 4.90 Å². The molecule has 17 heavy (non-hydrogen) atoms. The predicted octanol–water partition coefficient (Wildman–Crippen LogP) is 0.877. The number of fused-ring (bicyclic) bond motifs is 2. The van der Waals surface area contributed by atoms with Crippen LogP contribution in [0.4, 0.5) is 0 Å². The van der Waals surface area contributed by atoms with Crippen molar-refractivity contribution in [2.75, 3.05) is 13.2 Å². The Labute approximate surface area is 101 Å². The minimum Gasteiger partial charge on any atom is -0.481 e. The maximum absolute atomic E-state index is 12.0. The summed E-state index contributed by atoms with van der Waals surface area (Å²) < 4.78 is 5.17. The van der Waals surface area contributed by atoms with Crippen LogP contribution in [0.2, 0.25) is 0 Å². The molecule has 96 valence electrons. The minimum absolute atomic E-state index is 0.0506. The molecule has 2 rings (SSSR count). The number of carboxylic acids is 1. The van der Waals surface area contributed by atoms with Gasteiger partial charge in [-0.2, -0.15) is 0 Å². The van der Waals surface area contributed by atoms with Crippen molar-refractivity contribution in [2.24, 2.45) is 5.92 Å². The third kappa shape index (κ3) is 2.29. The first-order valence-electron chi connectivity index (χ1n) is 6.26. The van der Waals surface area contributed by atoms with Crippen molar-refractivity contribution in [3.8, 4) is 0 Å². The number of carbonyl (C=O) groups excluding carboxylic acids is 1. The fourth-order valence-corrected chi connectivity index (χ4v) is 3.08. The number of ether oxygens (including phenoxy) is 1. The van der Waals surface area contributed by atoms with Gasteiger partial charge < -0.3 is 14.7 Å². The Morgan fingerprint density at radius 2 is 2.18 bits per heavy atom. The largest absolute Gasteiger partial charge is 0.481 e. The number of amides is 1. The second kappa shape index (κ2) is 5.04. The quantitative estimate of drug-likeness (QED) is 0.725. The average molecular weight is 241 g/mol. The van der Waals surface area contributed by atoms with Crippen molar-refractivity contribution in [1.29, 1.82) is 0 Å². The molecule has 0 saturated carbocycles. The van der Waals surface area contributed by atoms with Crippen molar-refractivity contribution in [1.82, 2.24) is 4.90 Å². The summed E-state index contributed by atoms with van der Waals surface area (Å²) in [6, 6.07) is 0.0712. The van der Waals surface area contributed by atoms with E-state index in [2.05, 4.69) is 0 Å². The number of hydrogen-bond acceptors (Lipinski definition) is 3. The molecule has 5 heteroatoms. The summed E-state index contributed by atoms with van der Waals surface area (Å²) in [7, 11) is 0. The molecule has 1 amide bonds. The molecule has 5 nitrogen and oxygen atoms in total. The number of carboxylic acid groups (broad SMARTS) is 1.